The van der Waals surface area contributed by atoms with Crippen molar-refractivity contribution in [2.45, 2.75) is 32.9 Å². The van der Waals surface area contributed by atoms with Gasteiger partial charge in [0.2, 0.25) is 0 Å². The molecule has 2 unspecified atom stereocenters. The SMILES string of the molecule is Cc1ccc(CN2CC(C)CC(N)C2)c(Cl)c1. The first-order chi connectivity index (χ1) is 8.04. The molecule has 2 N–H and O–H groups in total. The van der Waals surface area contributed by atoms with E-state index in [4.69, 9.17) is 17.3 Å². The van der Waals surface area contributed by atoms with Crippen LogP contribution in [0.4, 0.5) is 0 Å². The molecule has 2 nitrogen and oxygen atoms in total. The summed E-state index contributed by atoms with van der Waals surface area (Å²) >= 11 is 6.26. The number of aryl methyl sites for hydroxylation is 1. The molecule has 0 aromatic heterocycles. The molecule has 17 heavy (non-hydrogen) atoms. The summed E-state index contributed by atoms with van der Waals surface area (Å²) < 4.78 is 0. The lowest BCUT2D eigenvalue weighted by Gasteiger charge is -2.34. The van der Waals surface area contributed by atoms with Crippen LogP contribution in [-0.2, 0) is 6.54 Å². The normalized spacial score (nSPS) is 26.1. The first-order valence-corrected chi connectivity index (χ1v) is 6.65. The van der Waals surface area contributed by atoms with Crippen LogP contribution in [0.15, 0.2) is 18.2 Å². The Morgan fingerprint density at radius 1 is 1.41 bits per heavy atom. The molecule has 0 spiro atoms. The zero-order chi connectivity index (χ0) is 12.4. The number of rotatable bonds is 2. The lowest BCUT2D eigenvalue weighted by atomic mass is 9.96. The van der Waals surface area contributed by atoms with Crippen LogP contribution < -0.4 is 5.73 Å². The van der Waals surface area contributed by atoms with Gasteiger partial charge in [0.1, 0.15) is 0 Å². The third kappa shape index (κ3) is 3.44. The molecule has 1 aliphatic rings. The zero-order valence-electron chi connectivity index (χ0n) is 10.6. The fraction of sp³-hybridized carbons (Fsp3) is 0.571. The van der Waals surface area contributed by atoms with Crippen LogP contribution in [0.1, 0.15) is 24.5 Å². The first kappa shape index (κ1) is 12.9. The van der Waals surface area contributed by atoms with Crippen molar-refractivity contribution in [3.63, 3.8) is 0 Å². The lowest BCUT2D eigenvalue weighted by molar-refractivity contribution is 0.158. The van der Waals surface area contributed by atoms with Gasteiger partial charge < -0.3 is 5.73 Å². The van der Waals surface area contributed by atoms with E-state index in [0.717, 1.165) is 31.1 Å². The second kappa shape index (κ2) is 5.38. The van der Waals surface area contributed by atoms with Crippen molar-refractivity contribution >= 4 is 11.6 Å². The van der Waals surface area contributed by atoms with Crippen molar-refractivity contribution in [2.24, 2.45) is 11.7 Å². The number of nitrogens with two attached hydrogens (primary N) is 1. The number of nitrogens with zero attached hydrogens (tertiary/aromatic N) is 1. The van der Waals surface area contributed by atoms with E-state index in [9.17, 15) is 0 Å². The number of likely N-dealkylation sites (tertiary alicyclic amines) is 1. The van der Waals surface area contributed by atoms with E-state index in [0.29, 0.717) is 12.0 Å². The Morgan fingerprint density at radius 2 is 2.18 bits per heavy atom. The highest BCUT2D eigenvalue weighted by molar-refractivity contribution is 6.31. The molecule has 1 fully saturated rings. The predicted molar refractivity (Wildman–Crippen MR) is 73.2 cm³/mol. The molecular formula is C14H21ClN2. The highest BCUT2D eigenvalue weighted by atomic mass is 35.5. The van der Waals surface area contributed by atoms with Gasteiger partial charge in [-0.2, -0.15) is 0 Å². The maximum Gasteiger partial charge on any atom is 0.0453 e. The van der Waals surface area contributed by atoms with Gasteiger partial charge in [-0.1, -0.05) is 30.7 Å². The second-order valence-electron chi connectivity index (χ2n) is 5.39. The number of piperidine rings is 1. The van der Waals surface area contributed by atoms with Gasteiger partial charge in [-0.25, -0.2) is 0 Å². The molecule has 1 heterocycles. The van der Waals surface area contributed by atoms with Crippen molar-refractivity contribution in [1.82, 2.24) is 4.90 Å². The topological polar surface area (TPSA) is 29.3 Å². The Hall–Kier alpha value is -0.570. The standard InChI is InChI=1S/C14H21ClN2/c1-10-3-4-12(14(15)6-10)8-17-7-11(2)5-13(16)9-17/h3-4,6,11,13H,5,7-9,16H2,1-2H3. The van der Waals surface area contributed by atoms with E-state index in [-0.39, 0.29) is 0 Å². The van der Waals surface area contributed by atoms with Crippen molar-refractivity contribution in [1.29, 1.82) is 0 Å². The zero-order valence-corrected chi connectivity index (χ0v) is 11.4. The molecular weight excluding hydrogens is 232 g/mol. The Balaban J connectivity index is 2.04. The Labute approximate surface area is 109 Å². The number of hydrogen-bond acceptors (Lipinski definition) is 2. The van der Waals surface area contributed by atoms with Gasteiger partial charge in [0, 0.05) is 30.7 Å². The van der Waals surface area contributed by atoms with Gasteiger partial charge in [-0.15, -0.1) is 0 Å². The van der Waals surface area contributed by atoms with Gasteiger partial charge in [0.15, 0.2) is 0 Å². The molecule has 3 heteroatoms. The molecule has 94 valence electrons. The monoisotopic (exact) mass is 252 g/mol. The molecule has 1 saturated heterocycles. The maximum atomic E-state index is 6.26. The molecule has 0 radical (unpaired) electrons. The highest BCUT2D eigenvalue weighted by Crippen LogP contribution is 2.22. The third-order valence-corrected chi connectivity index (χ3v) is 3.72. The molecule has 1 aromatic rings. The summed E-state index contributed by atoms with van der Waals surface area (Å²) in [6, 6.07) is 6.59. The van der Waals surface area contributed by atoms with Crippen LogP contribution in [0.5, 0.6) is 0 Å². The van der Waals surface area contributed by atoms with Crippen molar-refractivity contribution in [3.05, 3.63) is 34.3 Å². The van der Waals surface area contributed by atoms with Gasteiger partial charge in [-0.3, -0.25) is 4.90 Å². The smallest absolute Gasteiger partial charge is 0.0453 e. The molecule has 0 bridgehead atoms. The summed E-state index contributed by atoms with van der Waals surface area (Å²) in [5.41, 5.74) is 8.47. The summed E-state index contributed by atoms with van der Waals surface area (Å²) in [6.45, 7) is 7.35. The minimum Gasteiger partial charge on any atom is -0.327 e. The van der Waals surface area contributed by atoms with Gasteiger partial charge in [0.05, 0.1) is 0 Å². The first-order valence-electron chi connectivity index (χ1n) is 6.27. The molecule has 1 aromatic carbocycles. The highest BCUT2D eigenvalue weighted by Gasteiger charge is 2.22. The van der Waals surface area contributed by atoms with E-state index >= 15 is 0 Å². The average molecular weight is 253 g/mol. The Morgan fingerprint density at radius 3 is 2.82 bits per heavy atom. The summed E-state index contributed by atoms with van der Waals surface area (Å²) in [4.78, 5) is 2.41. The third-order valence-electron chi connectivity index (χ3n) is 3.37. The number of halogens is 1. The minimum absolute atomic E-state index is 0.308. The van der Waals surface area contributed by atoms with Gasteiger partial charge in [0.25, 0.3) is 0 Å². The van der Waals surface area contributed by atoms with Crippen LogP contribution in [0.25, 0.3) is 0 Å². The van der Waals surface area contributed by atoms with Gasteiger partial charge in [-0.05, 0) is 36.5 Å². The Bertz CT molecular complexity index is 382. The molecule has 0 aliphatic carbocycles. The van der Waals surface area contributed by atoms with Crippen molar-refractivity contribution in [2.75, 3.05) is 13.1 Å². The second-order valence-corrected chi connectivity index (χ2v) is 5.80. The molecule has 2 rings (SSSR count). The van der Waals surface area contributed by atoms with Crippen LogP contribution in [0, 0.1) is 12.8 Å². The Kier molecular flexibility index (Phi) is 4.08. The number of hydrogen-bond donors (Lipinski definition) is 1. The van der Waals surface area contributed by atoms with E-state index < -0.39 is 0 Å². The maximum absolute atomic E-state index is 6.26. The fourth-order valence-electron chi connectivity index (χ4n) is 2.66. The van der Waals surface area contributed by atoms with E-state index in [1.807, 2.05) is 6.07 Å². The quantitative estimate of drug-likeness (QED) is 0.877. The van der Waals surface area contributed by atoms with Crippen LogP contribution in [0.3, 0.4) is 0 Å². The summed E-state index contributed by atoms with van der Waals surface area (Å²) in [6.07, 6.45) is 1.14. The van der Waals surface area contributed by atoms with Gasteiger partial charge >= 0.3 is 0 Å². The summed E-state index contributed by atoms with van der Waals surface area (Å²) in [7, 11) is 0. The van der Waals surface area contributed by atoms with E-state index in [1.165, 1.54) is 11.1 Å². The molecule has 0 saturated carbocycles. The van der Waals surface area contributed by atoms with Crippen LogP contribution in [-0.4, -0.2) is 24.0 Å². The van der Waals surface area contributed by atoms with Crippen LogP contribution in [0.2, 0.25) is 5.02 Å². The lowest BCUT2D eigenvalue weighted by Crippen LogP contribution is -2.45. The van der Waals surface area contributed by atoms with Crippen molar-refractivity contribution < 1.29 is 0 Å². The molecule has 0 amide bonds. The summed E-state index contributed by atoms with van der Waals surface area (Å²) in [5.74, 6) is 0.683. The molecule has 2 atom stereocenters. The number of benzene rings is 1. The largest absolute Gasteiger partial charge is 0.327 e. The van der Waals surface area contributed by atoms with Crippen molar-refractivity contribution in [3.8, 4) is 0 Å². The fourth-order valence-corrected chi connectivity index (χ4v) is 2.96. The summed E-state index contributed by atoms with van der Waals surface area (Å²) in [5, 5.41) is 0.872. The van der Waals surface area contributed by atoms with E-state index in [1.54, 1.807) is 0 Å². The molecule has 1 aliphatic heterocycles. The average Bonchev–Trinajstić information content (AvgIpc) is 2.21. The minimum atomic E-state index is 0.308. The predicted octanol–water partition coefficient (Wildman–Crippen LogP) is 2.82. The van der Waals surface area contributed by atoms with Crippen LogP contribution >= 0.6 is 11.6 Å². The van der Waals surface area contributed by atoms with E-state index in [2.05, 4.69) is 30.9 Å².